The molecule has 130 valence electrons. The Hall–Kier alpha value is -3.35. The fraction of sp³-hybridized carbons (Fsp3) is 0.167. The summed E-state index contributed by atoms with van der Waals surface area (Å²) >= 11 is 0. The molecule has 0 saturated heterocycles. The fourth-order valence-electron chi connectivity index (χ4n) is 2.68. The van der Waals surface area contributed by atoms with E-state index in [0.717, 1.165) is 0 Å². The lowest BCUT2D eigenvalue weighted by molar-refractivity contribution is 0.324. The molecular formula is C18H16O7. The van der Waals surface area contributed by atoms with Crippen molar-refractivity contribution in [2.75, 3.05) is 21.3 Å². The van der Waals surface area contributed by atoms with Gasteiger partial charge >= 0.3 is 5.63 Å². The van der Waals surface area contributed by atoms with Gasteiger partial charge in [-0.15, -0.1) is 0 Å². The summed E-state index contributed by atoms with van der Waals surface area (Å²) in [5.74, 6) is 0.380. The zero-order valence-corrected chi connectivity index (χ0v) is 13.8. The maximum atomic E-state index is 11.9. The van der Waals surface area contributed by atoms with Gasteiger partial charge in [0.15, 0.2) is 22.8 Å². The number of aromatic hydroxyl groups is 2. The summed E-state index contributed by atoms with van der Waals surface area (Å²) in [5.41, 5.74) is 0.312. The molecule has 3 rings (SSSR count). The van der Waals surface area contributed by atoms with Gasteiger partial charge in [0.1, 0.15) is 0 Å². The first-order valence-corrected chi connectivity index (χ1v) is 7.29. The van der Waals surface area contributed by atoms with Gasteiger partial charge < -0.3 is 28.8 Å². The van der Waals surface area contributed by atoms with Gasteiger partial charge in [-0.3, -0.25) is 0 Å². The van der Waals surface area contributed by atoms with Crippen LogP contribution in [0.15, 0.2) is 39.5 Å². The largest absolute Gasteiger partial charge is 0.504 e. The molecule has 0 bridgehead atoms. The van der Waals surface area contributed by atoms with Crippen LogP contribution in [0.3, 0.4) is 0 Å². The average Bonchev–Trinajstić information content (AvgIpc) is 2.63. The molecule has 0 saturated carbocycles. The van der Waals surface area contributed by atoms with E-state index in [4.69, 9.17) is 18.6 Å². The van der Waals surface area contributed by atoms with Crippen LogP contribution in [0.25, 0.3) is 22.1 Å². The third-order valence-corrected chi connectivity index (χ3v) is 3.84. The van der Waals surface area contributed by atoms with Crippen molar-refractivity contribution in [1.29, 1.82) is 0 Å². The van der Waals surface area contributed by atoms with Gasteiger partial charge in [0.2, 0.25) is 11.5 Å². The first-order chi connectivity index (χ1) is 12.0. The van der Waals surface area contributed by atoms with E-state index in [-0.39, 0.29) is 11.3 Å². The Kier molecular flexibility index (Phi) is 4.14. The summed E-state index contributed by atoms with van der Waals surface area (Å²) in [6, 6.07) is 7.52. The van der Waals surface area contributed by atoms with Crippen LogP contribution in [0.4, 0.5) is 0 Å². The van der Waals surface area contributed by atoms with Crippen LogP contribution in [0, 0.1) is 0 Å². The lowest BCUT2D eigenvalue weighted by Gasteiger charge is -2.15. The molecule has 0 radical (unpaired) electrons. The minimum Gasteiger partial charge on any atom is -0.504 e. The predicted molar refractivity (Wildman–Crippen MR) is 90.9 cm³/mol. The van der Waals surface area contributed by atoms with Crippen LogP contribution < -0.4 is 19.8 Å². The summed E-state index contributed by atoms with van der Waals surface area (Å²) in [6.07, 6.45) is 0. The molecule has 1 aromatic heterocycles. The van der Waals surface area contributed by atoms with E-state index in [2.05, 4.69) is 0 Å². The quantitative estimate of drug-likeness (QED) is 0.554. The summed E-state index contributed by atoms with van der Waals surface area (Å²) in [7, 11) is 4.47. The molecule has 2 aromatic carbocycles. The lowest BCUT2D eigenvalue weighted by Crippen LogP contribution is -2.00. The Morgan fingerprint density at radius 2 is 1.56 bits per heavy atom. The SMILES string of the molecule is COc1cc(-c2cc(=O)oc3c(O)c(O)ccc23)cc(OC)c1OC. The maximum absolute atomic E-state index is 11.9. The van der Waals surface area contributed by atoms with Crippen LogP contribution in [-0.4, -0.2) is 31.5 Å². The zero-order chi connectivity index (χ0) is 18.1. The van der Waals surface area contributed by atoms with Gasteiger partial charge in [-0.1, -0.05) is 0 Å². The molecule has 0 unspecified atom stereocenters. The fourth-order valence-corrected chi connectivity index (χ4v) is 2.68. The topological polar surface area (TPSA) is 98.4 Å². The molecule has 7 heteroatoms. The first kappa shape index (κ1) is 16.5. The average molecular weight is 344 g/mol. The van der Waals surface area contributed by atoms with E-state index in [0.29, 0.717) is 33.8 Å². The van der Waals surface area contributed by atoms with Gasteiger partial charge in [0, 0.05) is 17.0 Å². The number of fused-ring (bicyclic) bond motifs is 1. The van der Waals surface area contributed by atoms with E-state index in [1.807, 2.05) is 0 Å². The summed E-state index contributed by atoms with van der Waals surface area (Å²) in [4.78, 5) is 11.9. The van der Waals surface area contributed by atoms with E-state index in [1.54, 1.807) is 18.2 Å². The second-order valence-electron chi connectivity index (χ2n) is 5.20. The minimum absolute atomic E-state index is 0.101. The van der Waals surface area contributed by atoms with E-state index >= 15 is 0 Å². The molecule has 0 spiro atoms. The molecule has 1 heterocycles. The number of benzene rings is 2. The smallest absolute Gasteiger partial charge is 0.336 e. The first-order valence-electron chi connectivity index (χ1n) is 7.29. The van der Waals surface area contributed by atoms with E-state index < -0.39 is 11.4 Å². The van der Waals surface area contributed by atoms with Crippen LogP contribution in [0.1, 0.15) is 0 Å². The van der Waals surface area contributed by atoms with Crippen molar-refractivity contribution in [2.24, 2.45) is 0 Å². The molecule has 25 heavy (non-hydrogen) atoms. The third-order valence-electron chi connectivity index (χ3n) is 3.84. The molecule has 0 aliphatic heterocycles. The summed E-state index contributed by atoms with van der Waals surface area (Å²) in [6.45, 7) is 0. The van der Waals surface area contributed by atoms with Crippen LogP contribution in [0.2, 0.25) is 0 Å². The van der Waals surface area contributed by atoms with Crippen LogP contribution in [-0.2, 0) is 0 Å². The molecular weight excluding hydrogens is 328 g/mol. The van der Waals surface area contributed by atoms with Crippen molar-refractivity contribution < 1.29 is 28.8 Å². The number of phenolic OH excluding ortho intramolecular Hbond substituents is 2. The van der Waals surface area contributed by atoms with Gasteiger partial charge in [-0.05, 0) is 29.8 Å². The predicted octanol–water partition coefficient (Wildman–Crippen LogP) is 2.90. The molecule has 7 nitrogen and oxygen atoms in total. The Labute approximate surface area is 142 Å². The normalized spacial score (nSPS) is 10.7. The van der Waals surface area contributed by atoms with Crippen molar-refractivity contribution in [3.05, 3.63) is 40.8 Å². The Balaban J connectivity index is 2.37. The molecule has 3 aromatic rings. The van der Waals surface area contributed by atoms with Gasteiger partial charge in [-0.25, -0.2) is 4.79 Å². The van der Waals surface area contributed by atoms with Crippen molar-refractivity contribution >= 4 is 11.0 Å². The minimum atomic E-state index is -0.669. The highest BCUT2D eigenvalue weighted by Crippen LogP contribution is 2.43. The summed E-state index contributed by atoms with van der Waals surface area (Å²) < 4.78 is 21.0. The number of methoxy groups -OCH3 is 3. The zero-order valence-electron chi connectivity index (χ0n) is 13.8. The Morgan fingerprint density at radius 1 is 0.920 bits per heavy atom. The Morgan fingerprint density at radius 3 is 2.12 bits per heavy atom. The van der Waals surface area contributed by atoms with Gasteiger partial charge in [0.05, 0.1) is 21.3 Å². The maximum Gasteiger partial charge on any atom is 0.336 e. The van der Waals surface area contributed by atoms with Crippen LogP contribution in [0.5, 0.6) is 28.7 Å². The third kappa shape index (κ3) is 2.69. The molecule has 2 N–H and O–H groups in total. The number of ether oxygens (including phenoxy) is 3. The van der Waals surface area contributed by atoms with E-state index in [9.17, 15) is 15.0 Å². The van der Waals surface area contributed by atoms with E-state index in [1.165, 1.54) is 33.5 Å². The second kappa shape index (κ2) is 6.27. The summed E-state index contributed by atoms with van der Waals surface area (Å²) in [5, 5.41) is 20.1. The van der Waals surface area contributed by atoms with Crippen molar-refractivity contribution in [3.8, 4) is 39.9 Å². The van der Waals surface area contributed by atoms with Crippen LogP contribution >= 0.6 is 0 Å². The van der Waals surface area contributed by atoms with Crippen molar-refractivity contribution in [3.63, 3.8) is 0 Å². The molecule has 0 atom stereocenters. The molecule has 0 aliphatic carbocycles. The highest BCUT2D eigenvalue weighted by Gasteiger charge is 2.18. The van der Waals surface area contributed by atoms with Crippen molar-refractivity contribution in [1.82, 2.24) is 0 Å². The molecule has 0 fully saturated rings. The molecule has 0 amide bonds. The lowest BCUT2D eigenvalue weighted by atomic mass is 10.0. The van der Waals surface area contributed by atoms with Crippen molar-refractivity contribution in [2.45, 2.75) is 0 Å². The number of phenols is 2. The highest BCUT2D eigenvalue weighted by molar-refractivity contribution is 5.97. The van der Waals surface area contributed by atoms with Gasteiger partial charge in [-0.2, -0.15) is 0 Å². The number of rotatable bonds is 4. The second-order valence-corrected chi connectivity index (χ2v) is 5.20. The highest BCUT2D eigenvalue weighted by atomic mass is 16.5. The van der Waals surface area contributed by atoms with Gasteiger partial charge in [0.25, 0.3) is 0 Å². The number of hydrogen-bond acceptors (Lipinski definition) is 7. The Bertz CT molecular complexity index is 979. The monoisotopic (exact) mass is 344 g/mol. The molecule has 0 aliphatic rings. The number of hydrogen-bond donors (Lipinski definition) is 2. The standard InChI is InChI=1S/C18H16O7/c1-22-13-6-9(7-14(23-2)18(13)24-3)11-8-15(20)25-17-10(11)4-5-12(19)16(17)21/h4-8,19,21H,1-3H3.